The van der Waals surface area contributed by atoms with Crippen molar-refractivity contribution < 1.29 is 0 Å². The SMILES string of the molecule is C.C.C1=CCC=C1.C1=CCC=C1.C1=CCC=C1.C1=CCC=C1.CC.CC.CC.CC.CC.CC.CC.CC.CC.CC.CC.CC.CCC.CCC.CCC.CCC.c1ccc(Cc2ccccc2)cc1.c1ccc(Cc2ccccc2)cc1.c1ccccc1.c1ccccc1.c1ccncc1.c1ccncc1. The molecule has 0 N–H and O–H groups in total. The normalized spacial score (nSPS) is 8.74. The van der Waals surface area contributed by atoms with Crippen LogP contribution < -0.4 is 0 Å². The summed E-state index contributed by atoms with van der Waals surface area (Å²) in [4.78, 5) is 7.57. The summed E-state index contributed by atoms with van der Waals surface area (Å²) in [5.41, 5.74) is 5.48. The van der Waals surface area contributed by atoms with Crippen molar-refractivity contribution in [1.82, 2.24) is 9.97 Å². The van der Waals surface area contributed by atoms with E-state index in [0.29, 0.717) is 0 Å². The molecule has 108 heavy (non-hydrogen) atoms. The van der Waals surface area contributed by atoms with Crippen LogP contribution in [0.4, 0.5) is 0 Å². The van der Waals surface area contributed by atoms with E-state index in [-0.39, 0.29) is 14.9 Å². The van der Waals surface area contributed by atoms with Gasteiger partial charge in [0, 0.05) is 24.8 Å². The Balaban J connectivity index is -0.0000000600. The van der Waals surface area contributed by atoms with Crippen LogP contribution in [-0.2, 0) is 12.8 Å². The molecule has 0 radical (unpaired) electrons. The molecule has 0 amide bonds. The van der Waals surface area contributed by atoms with E-state index >= 15 is 0 Å². The Morgan fingerprint density at radius 3 is 0.352 bits per heavy atom. The molecule has 2 aromatic heterocycles. The van der Waals surface area contributed by atoms with E-state index in [1.807, 2.05) is 275 Å². The summed E-state index contributed by atoms with van der Waals surface area (Å²) in [5, 5.41) is 0. The van der Waals surface area contributed by atoms with Gasteiger partial charge in [-0.15, -0.1) is 0 Å². The summed E-state index contributed by atoms with van der Waals surface area (Å²) in [7, 11) is 0. The lowest BCUT2D eigenvalue weighted by atomic mass is 10.1. The Bertz CT molecular complexity index is 2080. The van der Waals surface area contributed by atoms with Crippen LogP contribution in [0.3, 0.4) is 0 Å². The zero-order chi connectivity index (χ0) is 83.8. The molecule has 0 saturated carbocycles. The highest BCUT2D eigenvalue weighted by atomic mass is 14.6. The van der Waals surface area contributed by atoms with Crippen LogP contribution in [0.5, 0.6) is 0 Å². The first kappa shape index (κ1) is 138. The fourth-order valence-corrected chi connectivity index (χ4v) is 5.82. The van der Waals surface area contributed by atoms with E-state index in [0.717, 1.165) is 38.5 Å². The lowest BCUT2D eigenvalue weighted by Gasteiger charge is -2.00. The minimum Gasteiger partial charge on any atom is -0.265 e. The Kier molecular flexibility index (Phi) is 222. The van der Waals surface area contributed by atoms with Crippen LogP contribution in [0.1, 0.15) is 310 Å². The summed E-state index contributed by atoms with van der Waals surface area (Å²) in [6.07, 6.45) is 52.1. The molecule has 616 valence electrons. The molecule has 6 aromatic carbocycles. The van der Waals surface area contributed by atoms with Crippen LogP contribution in [0.25, 0.3) is 0 Å². The van der Waals surface area contributed by atoms with Gasteiger partial charge >= 0.3 is 0 Å². The first-order valence-corrected chi connectivity index (χ1v) is 41.7. The van der Waals surface area contributed by atoms with Crippen LogP contribution in [-0.4, -0.2) is 9.97 Å². The summed E-state index contributed by atoms with van der Waals surface area (Å²) >= 11 is 0. The van der Waals surface area contributed by atoms with Crippen LogP contribution in [0.2, 0.25) is 0 Å². The zero-order valence-electron chi connectivity index (χ0n) is 75.5. The second-order valence-corrected chi connectivity index (χ2v) is 17.9. The average Bonchev–Trinajstić information content (AvgIpc) is 1.09. The van der Waals surface area contributed by atoms with Gasteiger partial charge in [0.1, 0.15) is 0 Å². The summed E-state index contributed by atoms with van der Waals surface area (Å²) in [6.45, 7) is 65.0. The second-order valence-electron chi connectivity index (χ2n) is 17.9. The van der Waals surface area contributed by atoms with Crippen molar-refractivity contribution in [2.24, 2.45) is 0 Å². The Morgan fingerprint density at radius 1 is 0.176 bits per heavy atom. The molecule has 0 unspecified atom stereocenters. The van der Waals surface area contributed by atoms with Gasteiger partial charge in [0.2, 0.25) is 0 Å². The van der Waals surface area contributed by atoms with Crippen molar-refractivity contribution in [2.45, 2.75) is 301 Å². The number of pyridine rings is 2. The van der Waals surface area contributed by atoms with Crippen molar-refractivity contribution in [1.29, 1.82) is 0 Å². The van der Waals surface area contributed by atoms with Crippen molar-refractivity contribution in [3.05, 3.63) is 375 Å². The molecule has 8 aromatic rings. The van der Waals surface area contributed by atoms with E-state index in [4.69, 9.17) is 0 Å². The molecular weight excluding hydrogens is 1300 g/mol. The quantitative estimate of drug-likeness (QED) is 0.175. The maximum atomic E-state index is 3.78. The lowest BCUT2D eigenvalue weighted by Crippen LogP contribution is -1.85. The molecule has 2 heterocycles. The molecule has 0 aliphatic heterocycles. The number of allylic oxidation sites excluding steroid dienone is 16. The maximum Gasteiger partial charge on any atom is 0.0267 e. The maximum absolute atomic E-state index is 3.78. The number of benzene rings is 6. The fraction of sp³-hybridized carbons (Fsp3) is 0.415. The third-order valence-corrected chi connectivity index (χ3v) is 9.28. The van der Waals surface area contributed by atoms with Crippen molar-refractivity contribution in [3.8, 4) is 0 Å². The minimum absolute atomic E-state index is 0. The Hall–Kier alpha value is -8.46. The van der Waals surface area contributed by atoms with Crippen molar-refractivity contribution >= 4 is 0 Å². The van der Waals surface area contributed by atoms with Gasteiger partial charge in [0.25, 0.3) is 0 Å². The van der Waals surface area contributed by atoms with E-state index in [1.165, 1.54) is 47.9 Å². The summed E-state index contributed by atoms with van der Waals surface area (Å²) in [6, 6.07) is 77.6. The highest BCUT2D eigenvalue weighted by Crippen LogP contribution is 2.09. The van der Waals surface area contributed by atoms with Gasteiger partial charge in [-0.3, -0.25) is 9.97 Å². The van der Waals surface area contributed by atoms with Crippen molar-refractivity contribution in [3.63, 3.8) is 0 Å². The molecule has 12 rings (SSSR count). The summed E-state index contributed by atoms with van der Waals surface area (Å²) in [5.74, 6) is 0. The minimum atomic E-state index is 0. The molecule has 4 aliphatic carbocycles. The molecule has 0 atom stereocenters. The molecule has 0 saturated heterocycles. The van der Waals surface area contributed by atoms with Gasteiger partial charge in [-0.1, -0.05) is 566 Å². The number of rotatable bonds is 4. The van der Waals surface area contributed by atoms with E-state index in [9.17, 15) is 0 Å². The van der Waals surface area contributed by atoms with Crippen LogP contribution in [0, 0.1) is 0 Å². The molecule has 0 bridgehead atoms. The second kappa shape index (κ2) is 173. The fourth-order valence-electron chi connectivity index (χ4n) is 5.82. The predicted octanol–water partition coefficient (Wildman–Crippen LogP) is 37.4. The van der Waals surface area contributed by atoms with Gasteiger partial charge in [0.05, 0.1) is 0 Å². The first-order valence-electron chi connectivity index (χ1n) is 41.7. The molecule has 0 fully saturated rings. The predicted molar refractivity (Wildman–Crippen MR) is 518 cm³/mol. The van der Waals surface area contributed by atoms with E-state index in [2.05, 4.69) is 284 Å². The Morgan fingerprint density at radius 2 is 0.278 bits per heavy atom. The number of nitrogens with zero attached hydrogens (tertiary/aromatic N) is 2. The lowest BCUT2D eigenvalue weighted by molar-refractivity contribution is 1.09. The highest BCUT2D eigenvalue weighted by molar-refractivity contribution is 5.27. The third-order valence-electron chi connectivity index (χ3n) is 9.28. The topological polar surface area (TPSA) is 25.8 Å². The largest absolute Gasteiger partial charge is 0.265 e. The van der Waals surface area contributed by atoms with E-state index in [1.54, 1.807) is 24.8 Å². The van der Waals surface area contributed by atoms with Crippen molar-refractivity contribution in [2.75, 3.05) is 0 Å². The van der Waals surface area contributed by atoms with E-state index < -0.39 is 0 Å². The summed E-state index contributed by atoms with van der Waals surface area (Å²) < 4.78 is 0. The van der Waals surface area contributed by atoms with Gasteiger partial charge in [-0.2, -0.15) is 0 Å². The average molecular weight is 1480 g/mol. The van der Waals surface area contributed by atoms with Crippen LogP contribution in [0.15, 0.2) is 353 Å². The number of aromatic nitrogens is 2. The third kappa shape index (κ3) is 159. The number of hydrogen-bond acceptors (Lipinski definition) is 2. The monoisotopic (exact) mass is 1480 g/mol. The van der Waals surface area contributed by atoms with Gasteiger partial charge in [-0.05, 0) is 85.0 Å². The molecule has 2 nitrogen and oxygen atoms in total. The molecular formula is C106H182N2. The molecule has 0 spiro atoms. The highest BCUT2D eigenvalue weighted by Gasteiger charge is 1.94. The van der Waals surface area contributed by atoms with Gasteiger partial charge < -0.3 is 0 Å². The smallest absolute Gasteiger partial charge is 0.0267 e. The number of hydrogen-bond donors (Lipinski definition) is 0. The molecule has 2 heteroatoms. The molecule has 4 aliphatic rings. The Labute approximate surface area is 681 Å². The van der Waals surface area contributed by atoms with Crippen LogP contribution >= 0.6 is 0 Å². The van der Waals surface area contributed by atoms with Gasteiger partial charge in [0.15, 0.2) is 0 Å². The van der Waals surface area contributed by atoms with Gasteiger partial charge in [-0.25, -0.2) is 0 Å². The zero-order valence-corrected chi connectivity index (χ0v) is 75.5. The standard InChI is InChI=1S/2C13H12.2C6H6.2C5H5N.4C5H6.4C3H8.12C2H6.2CH4/c2*1-3-7-12(8-4-1)11-13-9-5-2-6-10-13;4*1-2-4-6-5-3-1;4*1-2-4-5-3-1;4*1-3-2;12*1-2;;/h2*1-10H,11H2;2*1-6H;2*1-5H;4*1-4H,5H2;4*3H2,1-2H3;12*1-2H3;2*1H4. The first-order chi connectivity index (χ1) is 52.6.